The summed E-state index contributed by atoms with van der Waals surface area (Å²) in [4.78, 5) is 132. The molecule has 1 aromatic heterocycles. The number of amides is 6. The Bertz CT molecular complexity index is 2230. The smallest absolute Gasteiger partial charge is 0.321 e. The number of Topliss-reactive ketones (excluding diaryl/α,β-unsaturated/α-hetero) is 4. The Morgan fingerprint density at radius 2 is 1.49 bits per heavy atom. The number of carbonyl (C=O) groups excluding carboxylic acids is 9. The molecule has 6 atom stereocenters. The average molecular weight is 921 g/mol. The van der Waals surface area contributed by atoms with Crippen molar-refractivity contribution in [1.82, 2.24) is 30.8 Å². The topological polar surface area (TPSA) is 257 Å². The number of benzene rings is 2. The lowest BCUT2D eigenvalue weighted by Crippen LogP contribution is -2.51. The van der Waals surface area contributed by atoms with Gasteiger partial charge < -0.3 is 31.9 Å². The molecule has 0 unspecified atom stereocenters. The summed E-state index contributed by atoms with van der Waals surface area (Å²) in [6.07, 6.45) is 7.62. The van der Waals surface area contributed by atoms with Gasteiger partial charge in [-0.1, -0.05) is 102 Å². The maximum absolute atomic E-state index is 14.5. The first kappa shape index (κ1) is 51.3. The molecule has 1 aliphatic heterocycles. The van der Waals surface area contributed by atoms with Crippen molar-refractivity contribution in [2.45, 2.75) is 116 Å². The van der Waals surface area contributed by atoms with Crippen molar-refractivity contribution in [2.24, 2.45) is 34.8 Å². The van der Waals surface area contributed by atoms with Gasteiger partial charge in [0.25, 0.3) is 5.91 Å². The Morgan fingerprint density at radius 3 is 2.10 bits per heavy atom. The lowest BCUT2D eigenvalue weighted by Gasteiger charge is -2.34. The highest BCUT2D eigenvalue weighted by molar-refractivity contribution is 6.38. The molecule has 358 valence electrons. The van der Waals surface area contributed by atoms with Crippen LogP contribution in [-0.2, 0) is 33.6 Å². The molecule has 1 saturated heterocycles. The number of hydrogen-bond donors (Lipinski definition) is 5. The number of carbonyl (C=O) groups is 9. The number of primary amides is 1. The monoisotopic (exact) mass is 920 g/mol. The molecule has 3 aromatic rings. The summed E-state index contributed by atoms with van der Waals surface area (Å²) in [7, 11) is 0. The zero-order valence-corrected chi connectivity index (χ0v) is 38.8. The fourth-order valence-corrected chi connectivity index (χ4v) is 8.97. The van der Waals surface area contributed by atoms with Gasteiger partial charge in [-0.2, -0.15) is 0 Å². The van der Waals surface area contributed by atoms with Crippen molar-refractivity contribution in [3.8, 4) is 0 Å². The molecule has 17 nitrogen and oxygen atoms in total. The van der Waals surface area contributed by atoms with Crippen LogP contribution in [0.4, 0.5) is 10.5 Å². The Hall–Kier alpha value is -6.65. The molecule has 2 fully saturated rings. The molecule has 2 aromatic carbocycles. The number of likely N-dealkylation sites (tertiary alicyclic amines) is 1. The van der Waals surface area contributed by atoms with Gasteiger partial charge in [-0.3, -0.25) is 43.3 Å². The minimum atomic E-state index is -1.14. The van der Waals surface area contributed by atoms with E-state index in [4.69, 9.17) is 5.73 Å². The van der Waals surface area contributed by atoms with Crippen LogP contribution in [-0.4, -0.2) is 92.8 Å². The normalized spacial score (nSPS) is 18.1. The standard InChI is InChI=1S/C50H64N8O9/c1-5-15-33(45(63)39(59)22-23-42(62)56-44(46(51)64)32-18-11-7-12-19-32)26-40(60)35-29-58(49(67)54-34-20-13-8-14-21-34)30-38(35)55-47(65)36(50(2,3)4)27-41(61)43(31-16-9-6-10-17-31)57-48(66)37-28-52-24-25-53-37/h7-8,11-14,18-21,24-25,28,31,33,35-36,38,43-44H,5-6,9-10,15-17,22-23,26-27,29-30H2,1-4H3,(H2,51,64)(H,54,67)(H,55,65)(H,56,62)(H,57,66)/t33-,35-,36-,38+,43+,44+/m1/s1. The van der Waals surface area contributed by atoms with Crippen molar-refractivity contribution in [2.75, 3.05) is 18.4 Å². The van der Waals surface area contributed by atoms with E-state index in [9.17, 15) is 43.2 Å². The van der Waals surface area contributed by atoms with E-state index in [1.165, 1.54) is 23.5 Å². The predicted molar refractivity (Wildman–Crippen MR) is 249 cm³/mol. The second kappa shape index (κ2) is 24.2. The molecule has 0 radical (unpaired) electrons. The van der Waals surface area contributed by atoms with Crippen LogP contribution in [0.3, 0.4) is 0 Å². The Labute approximate surface area is 391 Å². The minimum absolute atomic E-state index is 0.0629. The molecule has 0 bridgehead atoms. The van der Waals surface area contributed by atoms with Gasteiger partial charge in [-0.25, -0.2) is 9.78 Å². The number of urea groups is 1. The molecule has 1 aliphatic carbocycles. The number of hydrogen-bond acceptors (Lipinski definition) is 11. The Morgan fingerprint density at radius 1 is 0.821 bits per heavy atom. The third kappa shape index (κ3) is 14.7. The quantitative estimate of drug-likeness (QED) is 0.0833. The van der Waals surface area contributed by atoms with Gasteiger partial charge in [0.05, 0.1) is 24.2 Å². The third-order valence-corrected chi connectivity index (χ3v) is 12.7. The van der Waals surface area contributed by atoms with Gasteiger partial charge in [0.1, 0.15) is 17.5 Å². The zero-order valence-electron chi connectivity index (χ0n) is 38.8. The summed E-state index contributed by atoms with van der Waals surface area (Å²) in [5, 5.41) is 11.3. The van der Waals surface area contributed by atoms with Crippen LogP contribution in [0, 0.1) is 29.1 Å². The van der Waals surface area contributed by atoms with E-state index < -0.39 is 101 Å². The number of rotatable bonds is 22. The SMILES string of the molecule is CCC[C@H](CC(=O)[C@@H]1CN(C(=O)Nc2ccccc2)C[C@@H]1NC(=O)[C@@H](CC(=O)[C@@H](NC(=O)c1cnccn1)C1CCCCC1)C(C)(C)C)C(=O)C(=O)CCC(=O)N[C@H](C(N)=O)c1ccccc1. The number of aromatic nitrogens is 2. The highest BCUT2D eigenvalue weighted by atomic mass is 16.2. The second-order valence-corrected chi connectivity index (χ2v) is 18.7. The Kier molecular flexibility index (Phi) is 18.6. The number of nitrogens with two attached hydrogens (primary N) is 1. The molecule has 1 saturated carbocycles. The highest BCUT2D eigenvalue weighted by Crippen LogP contribution is 2.34. The average Bonchev–Trinajstić information content (AvgIpc) is 3.75. The summed E-state index contributed by atoms with van der Waals surface area (Å²) in [5.41, 5.74) is 5.78. The summed E-state index contributed by atoms with van der Waals surface area (Å²) in [6, 6.07) is 13.6. The molecule has 5 rings (SSSR count). The van der Waals surface area contributed by atoms with Crippen LogP contribution in [0.1, 0.15) is 120 Å². The van der Waals surface area contributed by atoms with Crippen LogP contribution < -0.4 is 27.0 Å². The molecule has 6 N–H and O–H groups in total. The number of nitrogens with zero attached hydrogens (tertiary/aromatic N) is 3. The maximum atomic E-state index is 14.5. The molecule has 2 heterocycles. The van der Waals surface area contributed by atoms with Crippen LogP contribution >= 0.6 is 0 Å². The van der Waals surface area contributed by atoms with Crippen LogP contribution in [0.25, 0.3) is 0 Å². The van der Waals surface area contributed by atoms with E-state index in [1.54, 1.807) is 67.6 Å². The van der Waals surface area contributed by atoms with Crippen molar-refractivity contribution >= 4 is 58.5 Å². The van der Waals surface area contributed by atoms with Crippen LogP contribution in [0.5, 0.6) is 0 Å². The van der Waals surface area contributed by atoms with E-state index in [-0.39, 0.29) is 49.7 Å². The first-order valence-corrected chi connectivity index (χ1v) is 23.2. The molecule has 67 heavy (non-hydrogen) atoms. The second-order valence-electron chi connectivity index (χ2n) is 18.7. The lowest BCUT2D eigenvalue weighted by molar-refractivity contribution is -0.141. The number of nitrogens with one attached hydrogen (secondary N) is 4. The molecule has 2 aliphatic rings. The zero-order chi connectivity index (χ0) is 48.7. The van der Waals surface area contributed by atoms with Gasteiger partial charge in [0.15, 0.2) is 11.6 Å². The molecule has 17 heteroatoms. The van der Waals surface area contributed by atoms with Gasteiger partial charge in [-0.15, -0.1) is 0 Å². The van der Waals surface area contributed by atoms with Crippen molar-refractivity contribution < 1.29 is 43.2 Å². The maximum Gasteiger partial charge on any atom is 0.321 e. The first-order valence-electron chi connectivity index (χ1n) is 23.2. The van der Waals surface area contributed by atoms with Crippen molar-refractivity contribution in [3.63, 3.8) is 0 Å². The van der Waals surface area contributed by atoms with Crippen LogP contribution in [0.15, 0.2) is 79.3 Å². The highest BCUT2D eigenvalue weighted by Gasteiger charge is 2.45. The van der Waals surface area contributed by atoms with Gasteiger partial charge in [-0.05, 0) is 48.3 Å². The third-order valence-electron chi connectivity index (χ3n) is 12.7. The van der Waals surface area contributed by atoms with E-state index >= 15 is 0 Å². The van der Waals surface area contributed by atoms with Crippen molar-refractivity contribution in [1.29, 1.82) is 0 Å². The minimum Gasteiger partial charge on any atom is -0.368 e. The first-order chi connectivity index (χ1) is 32.0. The van der Waals surface area contributed by atoms with E-state index in [0.717, 1.165) is 32.1 Å². The summed E-state index contributed by atoms with van der Waals surface area (Å²) in [5.74, 6) is -8.04. The molecule has 0 spiro atoms. The largest absolute Gasteiger partial charge is 0.368 e. The number of ketones is 4. The molecule has 6 amide bonds. The van der Waals surface area contributed by atoms with Gasteiger partial charge in [0.2, 0.25) is 23.5 Å². The fraction of sp³-hybridized carbons (Fsp3) is 0.500. The molecular formula is C50H64N8O9. The number of anilines is 1. The fourth-order valence-electron chi connectivity index (χ4n) is 8.97. The van der Waals surface area contributed by atoms with E-state index in [1.807, 2.05) is 20.8 Å². The van der Waals surface area contributed by atoms with Crippen LogP contribution in [0.2, 0.25) is 0 Å². The Balaban J connectivity index is 1.32. The van der Waals surface area contributed by atoms with Gasteiger partial charge >= 0.3 is 6.03 Å². The summed E-state index contributed by atoms with van der Waals surface area (Å²) in [6.45, 7) is 7.12. The number of para-hydroxylation sites is 1. The predicted octanol–water partition coefficient (Wildman–Crippen LogP) is 5.06. The van der Waals surface area contributed by atoms with Gasteiger partial charge in [0, 0.05) is 68.7 Å². The van der Waals surface area contributed by atoms with E-state index in [0.29, 0.717) is 17.7 Å². The summed E-state index contributed by atoms with van der Waals surface area (Å²) >= 11 is 0. The lowest BCUT2D eigenvalue weighted by atomic mass is 9.74. The summed E-state index contributed by atoms with van der Waals surface area (Å²) < 4.78 is 0. The molecular weight excluding hydrogens is 857 g/mol. The van der Waals surface area contributed by atoms with Crippen molar-refractivity contribution in [3.05, 3.63) is 90.5 Å². The van der Waals surface area contributed by atoms with E-state index in [2.05, 4.69) is 31.2 Å².